The zero-order chi connectivity index (χ0) is 13.4. The topological polar surface area (TPSA) is 68.5 Å². The maximum atomic E-state index is 13.5. The molecule has 0 atom stereocenters. The van der Waals surface area contributed by atoms with Crippen LogP contribution in [-0.4, -0.2) is 25.0 Å². The molecule has 0 fully saturated rings. The summed E-state index contributed by atoms with van der Waals surface area (Å²) in [6, 6.07) is 4.90. The number of aromatic nitrogens is 5. The van der Waals surface area contributed by atoms with Crippen molar-refractivity contribution in [1.29, 1.82) is 0 Å². The molecule has 0 aliphatic rings. The van der Waals surface area contributed by atoms with Crippen LogP contribution in [0.3, 0.4) is 0 Å². The second-order valence-electron chi connectivity index (χ2n) is 4.20. The van der Waals surface area contributed by atoms with Gasteiger partial charge in [0, 0.05) is 12.7 Å². The lowest BCUT2D eigenvalue weighted by molar-refractivity contribution is 0.619. The highest BCUT2D eigenvalue weighted by Gasteiger charge is 2.10. The SMILES string of the molecule is Cc1ccc(Nc2ncnc3c2nnn3C)cc1F. The second-order valence-corrected chi connectivity index (χ2v) is 4.20. The van der Waals surface area contributed by atoms with E-state index in [1.807, 2.05) is 0 Å². The molecule has 2 heterocycles. The Morgan fingerprint density at radius 3 is 2.89 bits per heavy atom. The lowest BCUT2D eigenvalue weighted by Crippen LogP contribution is -1.98. The van der Waals surface area contributed by atoms with Crippen molar-refractivity contribution in [2.45, 2.75) is 6.92 Å². The fourth-order valence-corrected chi connectivity index (χ4v) is 1.75. The molecule has 1 N–H and O–H groups in total. The van der Waals surface area contributed by atoms with Crippen molar-refractivity contribution >= 4 is 22.7 Å². The van der Waals surface area contributed by atoms with Gasteiger partial charge in [-0.05, 0) is 24.6 Å². The molecule has 0 radical (unpaired) electrons. The molecule has 0 aliphatic heterocycles. The molecule has 0 saturated carbocycles. The lowest BCUT2D eigenvalue weighted by atomic mass is 10.2. The summed E-state index contributed by atoms with van der Waals surface area (Å²) >= 11 is 0. The number of nitrogens with zero attached hydrogens (tertiary/aromatic N) is 5. The van der Waals surface area contributed by atoms with Crippen LogP contribution in [-0.2, 0) is 7.05 Å². The van der Waals surface area contributed by atoms with E-state index in [0.29, 0.717) is 28.2 Å². The molecule has 3 aromatic rings. The Labute approximate surface area is 108 Å². The van der Waals surface area contributed by atoms with Crippen LogP contribution in [0.15, 0.2) is 24.5 Å². The van der Waals surface area contributed by atoms with Crippen LogP contribution in [0.5, 0.6) is 0 Å². The van der Waals surface area contributed by atoms with Crippen molar-refractivity contribution in [2.75, 3.05) is 5.32 Å². The molecule has 0 bridgehead atoms. The fourth-order valence-electron chi connectivity index (χ4n) is 1.75. The number of benzene rings is 1. The quantitative estimate of drug-likeness (QED) is 0.760. The summed E-state index contributed by atoms with van der Waals surface area (Å²) < 4.78 is 15.0. The second kappa shape index (κ2) is 4.27. The molecular weight excluding hydrogens is 247 g/mol. The van der Waals surface area contributed by atoms with Gasteiger partial charge >= 0.3 is 0 Å². The number of nitrogens with one attached hydrogen (secondary N) is 1. The van der Waals surface area contributed by atoms with E-state index in [4.69, 9.17) is 0 Å². The maximum Gasteiger partial charge on any atom is 0.183 e. The Bertz CT molecular complexity index is 751. The van der Waals surface area contributed by atoms with Crippen molar-refractivity contribution in [1.82, 2.24) is 25.0 Å². The van der Waals surface area contributed by atoms with E-state index in [-0.39, 0.29) is 5.82 Å². The van der Waals surface area contributed by atoms with Crippen molar-refractivity contribution in [3.8, 4) is 0 Å². The van der Waals surface area contributed by atoms with E-state index in [1.54, 1.807) is 30.8 Å². The van der Waals surface area contributed by atoms with Crippen LogP contribution in [0, 0.1) is 12.7 Å². The zero-order valence-corrected chi connectivity index (χ0v) is 10.4. The van der Waals surface area contributed by atoms with E-state index < -0.39 is 0 Å². The highest BCUT2D eigenvalue weighted by atomic mass is 19.1. The normalized spacial score (nSPS) is 10.9. The van der Waals surface area contributed by atoms with Gasteiger partial charge in [0.2, 0.25) is 0 Å². The highest BCUT2D eigenvalue weighted by molar-refractivity contribution is 5.84. The summed E-state index contributed by atoms with van der Waals surface area (Å²) in [7, 11) is 1.75. The van der Waals surface area contributed by atoms with Crippen molar-refractivity contribution in [2.24, 2.45) is 7.05 Å². The van der Waals surface area contributed by atoms with E-state index >= 15 is 0 Å². The number of rotatable bonds is 2. The number of aryl methyl sites for hydroxylation is 2. The average molecular weight is 258 g/mol. The number of fused-ring (bicyclic) bond motifs is 1. The molecule has 0 unspecified atom stereocenters. The predicted octanol–water partition coefficient (Wildman–Crippen LogP) is 1.95. The zero-order valence-electron chi connectivity index (χ0n) is 10.4. The molecule has 1 aromatic carbocycles. The van der Waals surface area contributed by atoms with Gasteiger partial charge in [-0.25, -0.2) is 19.0 Å². The van der Waals surface area contributed by atoms with Gasteiger partial charge in [-0.1, -0.05) is 11.3 Å². The van der Waals surface area contributed by atoms with Gasteiger partial charge in [-0.3, -0.25) is 0 Å². The van der Waals surface area contributed by atoms with E-state index in [1.165, 1.54) is 12.4 Å². The van der Waals surface area contributed by atoms with Gasteiger partial charge in [0.1, 0.15) is 12.1 Å². The monoisotopic (exact) mass is 258 g/mol. The van der Waals surface area contributed by atoms with Gasteiger partial charge in [0.25, 0.3) is 0 Å². The molecule has 0 saturated heterocycles. The maximum absolute atomic E-state index is 13.5. The first-order valence-corrected chi connectivity index (χ1v) is 5.69. The summed E-state index contributed by atoms with van der Waals surface area (Å²) in [5.74, 6) is 0.232. The minimum atomic E-state index is -0.269. The van der Waals surface area contributed by atoms with Gasteiger partial charge in [-0.15, -0.1) is 5.10 Å². The highest BCUT2D eigenvalue weighted by Crippen LogP contribution is 2.21. The minimum absolute atomic E-state index is 0.269. The summed E-state index contributed by atoms with van der Waals surface area (Å²) in [5, 5.41) is 10.9. The lowest BCUT2D eigenvalue weighted by Gasteiger charge is -2.06. The predicted molar refractivity (Wildman–Crippen MR) is 68.5 cm³/mol. The van der Waals surface area contributed by atoms with Crippen molar-refractivity contribution in [3.63, 3.8) is 0 Å². The Balaban J connectivity index is 2.03. The van der Waals surface area contributed by atoms with Crippen LogP contribution in [0.1, 0.15) is 5.56 Å². The van der Waals surface area contributed by atoms with Crippen LogP contribution in [0.4, 0.5) is 15.9 Å². The fraction of sp³-hybridized carbons (Fsp3) is 0.167. The molecule has 6 nitrogen and oxygen atoms in total. The standard InChI is InChI=1S/C12H11FN6/c1-7-3-4-8(5-9(7)13)16-11-10-12(15-6-14-11)19(2)18-17-10/h3-6H,1-2H3,(H,14,15,16). The van der Waals surface area contributed by atoms with Crippen LogP contribution >= 0.6 is 0 Å². The van der Waals surface area contributed by atoms with Gasteiger partial charge in [0.15, 0.2) is 17.0 Å². The number of hydrogen-bond donors (Lipinski definition) is 1. The minimum Gasteiger partial charge on any atom is -0.338 e. The molecule has 0 aliphatic carbocycles. The summed E-state index contributed by atoms with van der Waals surface area (Å²) in [5.41, 5.74) is 2.36. The summed E-state index contributed by atoms with van der Waals surface area (Å²) in [6.45, 7) is 1.71. The van der Waals surface area contributed by atoms with Gasteiger partial charge < -0.3 is 5.32 Å². The molecule has 2 aromatic heterocycles. The molecule has 0 amide bonds. The van der Waals surface area contributed by atoms with Gasteiger partial charge in [-0.2, -0.15) is 0 Å². The third-order valence-corrected chi connectivity index (χ3v) is 2.82. The van der Waals surface area contributed by atoms with Crippen LogP contribution in [0.2, 0.25) is 0 Å². The van der Waals surface area contributed by atoms with Crippen molar-refractivity contribution in [3.05, 3.63) is 35.9 Å². The van der Waals surface area contributed by atoms with Crippen LogP contribution < -0.4 is 5.32 Å². The molecule has 19 heavy (non-hydrogen) atoms. The van der Waals surface area contributed by atoms with Gasteiger partial charge in [0.05, 0.1) is 0 Å². The Kier molecular flexibility index (Phi) is 2.59. The number of hydrogen-bond acceptors (Lipinski definition) is 5. The first kappa shape index (κ1) is 11.5. The Morgan fingerprint density at radius 1 is 1.26 bits per heavy atom. The smallest absolute Gasteiger partial charge is 0.183 e. The molecule has 7 heteroatoms. The van der Waals surface area contributed by atoms with E-state index in [2.05, 4.69) is 25.6 Å². The first-order valence-electron chi connectivity index (χ1n) is 5.69. The average Bonchev–Trinajstić information content (AvgIpc) is 2.77. The largest absolute Gasteiger partial charge is 0.338 e. The van der Waals surface area contributed by atoms with Crippen molar-refractivity contribution < 1.29 is 4.39 Å². The third-order valence-electron chi connectivity index (χ3n) is 2.82. The third kappa shape index (κ3) is 1.99. The Morgan fingerprint density at radius 2 is 2.11 bits per heavy atom. The van der Waals surface area contributed by atoms with Crippen LogP contribution in [0.25, 0.3) is 11.2 Å². The number of anilines is 2. The van der Waals surface area contributed by atoms with E-state index in [0.717, 1.165) is 0 Å². The first-order chi connectivity index (χ1) is 9.15. The summed E-state index contributed by atoms with van der Waals surface area (Å²) in [4.78, 5) is 8.19. The molecule has 0 spiro atoms. The molecule has 3 rings (SSSR count). The number of halogens is 1. The Hall–Kier alpha value is -2.57. The van der Waals surface area contributed by atoms with E-state index in [9.17, 15) is 4.39 Å². The molecule has 96 valence electrons. The summed E-state index contributed by atoms with van der Waals surface area (Å²) in [6.07, 6.45) is 1.42. The molecular formula is C12H11FN6.